The summed E-state index contributed by atoms with van der Waals surface area (Å²) in [5, 5.41) is 9.78. The van der Waals surface area contributed by atoms with Crippen LogP contribution in [0.2, 0.25) is 0 Å². The second-order valence-corrected chi connectivity index (χ2v) is 4.46. The Kier molecular flexibility index (Phi) is 5.65. The molecule has 0 fully saturated rings. The van der Waals surface area contributed by atoms with E-state index in [-0.39, 0.29) is 11.7 Å². The van der Waals surface area contributed by atoms with E-state index in [9.17, 15) is 9.90 Å². The van der Waals surface area contributed by atoms with E-state index in [1.807, 2.05) is 13.8 Å². The van der Waals surface area contributed by atoms with Crippen LogP contribution in [0, 0.1) is 6.92 Å². The van der Waals surface area contributed by atoms with Crippen LogP contribution >= 0.6 is 0 Å². The van der Waals surface area contributed by atoms with E-state index in [0.717, 1.165) is 18.4 Å². The molecule has 1 aromatic rings. The first-order chi connectivity index (χ1) is 8.60. The molecule has 0 saturated carbocycles. The number of phenols is 1. The monoisotopic (exact) mass is 250 g/mol. The summed E-state index contributed by atoms with van der Waals surface area (Å²) in [6, 6.07) is 5.08. The van der Waals surface area contributed by atoms with Crippen molar-refractivity contribution in [2.75, 3.05) is 19.6 Å². The fraction of sp³-hybridized carbons (Fsp3) is 0.500. The molecule has 0 spiro atoms. The Morgan fingerprint density at radius 1 is 1.39 bits per heavy atom. The van der Waals surface area contributed by atoms with E-state index in [1.54, 1.807) is 23.1 Å². The number of carbonyl (C=O) groups is 1. The van der Waals surface area contributed by atoms with Crippen molar-refractivity contribution >= 4 is 5.91 Å². The number of rotatable bonds is 6. The number of nitrogens with two attached hydrogens (primary N) is 1. The zero-order valence-electron chi connectivity index (χ0n) is 11.1. The Labute approximate surface area is 108 Å². The van der Waals surface area contributed by atoms with Crippen molar-refractivity contribution in [1.82, 2.24) is 4.90 Å². The highest BCUT2D eigenvalue weighted by Crippen LogP contribution is 2.20. The van der Waals surface area contributed by atoms with Gasteiger partial charge >= 0.3 is 0 Å². The SMILES string of the molecule is CCCN(CCCN)C(=O)c1cc(C)ccc1O. The lowest BCUT2D eigenvalue weighted by Gasteiger charge is -2.22. The third-order valence-electron chi connectivity index (χ3n) is 2.80. The average molecular weight is 250 g/mol. The summed E-state index contributed by atoms with van der Waals surface area (Å²) in [7, 11) is 0. The third-order valence-corrected chi connectivity index (χ3v) is 2.80. The maximum atomic E-state index is 12.3. The molecule has 0 saturated heterocycles. The van der Waals surface area contributed by atoms with Crippen LogP contribution < -0.4 is 5.73 Å². The van der Waals surface area contributed by atoms with Gasteiger partial charge in [-0.15, -0.1) is 0 Å². The molecule has 1 rings (SSSR count). The van der Waals surface area contributed by atoms with E-state index in [2.05, 4.69) is 0 Å². The van der Waals surface area contributed by atoms with E-state index >= 15 is 0 Å². The number of hydrogen-bond acceptors (Lipinski definition) is 3. The van der Waals surface area contributed by atoms with Crippen molar-refractivity contribution in [3.63, 3.8) is 0 Å². The van der Waals surface area contributed by atoms with Crippen LogP contribution in [0.1, 0.15) is 35.7 Å². The molecule has 0 heterocycles. The zero-order chi connectivity index (χ0) is 13.5. The average Bonchev–Trinajstić information content (AvgIpc) is 2.36. The number of amides is 1. The molecule has 1 aromatic carbocycles. The molecule has 3 N–H and O–H groups in total. The minimum absolute atomic E-state index is 0.0412. The summed E-state index contributed by atoms with van der Waals surface area (Å²) >= 11 is 0. The van der Waals surface area contributed by atoms with Crippen LogP contribution in [-0.2, 0) is 0 Å². The number of aromatic hydroxyl groups is 1. The minimum atomic E-state index is -0.119. The van der Waals surface area contributed by atoms with Crippen molar-refractivity contribution in [2.45, 2.75) is 26.7 Å². The Morgan fingerprint density at radius 3 is 2.72 bits per heavy atom. The maximum absolute atomic E-state index is 12.3. The Morgan fingerprint density at radius 2 is 2.11 bits per heavy atom. The van der Waals surface area contributed by atoms with E-state index in [0.29, 0.717) is 25.2 Å². The van der Waals surface area contributed by atoms with Gasteiger partial charge in [0.05, 0.1) is 5.56 Å². The first kappa shape index (κ1) is 14.5. The molecular weight excluding hydrogens is 228 g/mol. The number of nitrogens with zero attached hydrogens (tertiary/aromatic N) is 1. The number of hydrogen-bond donors (Lipinski definition) is 2. The highest BCUT2D eigenvalue weighted by molar-refractivity contribution is 5.97. The molecular formula is C14H22N2O2. The first-order valence-electron chi connectivity index (χ1n) is 6.39. The molecule has 0 aliphatic carbocycles. The number of benzene rings is 1. The molecule has 1 amide bonds. The third kappa shape index (κ3) is 3.74. The van der Waals surface area contributed by atoms with E-state index in [4.69, 9.17) is 5.73 Å². The highest BCUT2D eigenvalue weighted by atomic mass is 16.3. The van der Waals surface area contributed by atoms with Gasteiger partial charge in [0.25, 0.3) is 5.91 Å². The molecule has 0 radical (unpaired) electrons. The summed E-state index contributed by atoms with van der Waals surface area (Å²) < 4.78 is 0. The topological polar surface area (TPSA) is 66.6 Å². The molecule has 18 heavy (non-hydrogen) atoms. The Balaban J connectivity index is 2.90. The fourth-order valence-electron chi connectivity index (χ4n) is 1.86. The molecule has 0 aliphatic rings. The Bertz CT molecular complexity index is 405. The molecule has 0 aromatic heterocycles. The van der Waals surface area contributed by atoms with Crippen molar-refractivity contribution in [1.29, 1.82) is 0 Å². The van der Waals surface area contributed by atoms with Gasteiger partial charge in [-0.05, 0) is 38.4 Å². The van der Waals surface area contributed by atoms with Gasteiger partial charge in [-0.25, -0.2) is 0 Å². The van der Waals surface area contributed by atoms with Gasteiger partial charge in [-0.1, -0.05) is 18.6 Å². The van der Waals surface area contributed by atoms with Crippen molar-refractivity contribution in [3.8, 4) is 5.75 Å². The van der Waals surface area contributed by atoms with Gasteiger partial charge in [0, 0.05) is 13.1 Å². The van der Waals surface area contributed by atoms with Gasteiger partial charge in [-0.3, -0.25) is 4.79 Å². The fourth-order valence-corrected chi connectivity index (χ4v) is 1.86. The number of phenolic OH excluding ortho intramolecular Hbond substituents is 1. The summed E-state index contributed by atoms with van der Waals surface area (Å²) in [6.45, 7) is 5.81. The molecule has 0 aliphatic heterocycles. The summed E-state index contributed by atoms with van der Waals surface area (Å²) in [6.07, 6.45) is 1.67. The van der Waals surface area contributed by atoms with Crippen LogP contribution in [-0.4, -0.2) is 35.5 Å². The number of carbonyl (C=O) groups excluding carboxylic acids is 1. The summed E-state index contributed by atoms with van der Waals surface area (Å²) in [5.74, 6) is -0.0778. The predicted molar refractivity (Wildman–Crippen MR) is 72.7 cm³/mol. The summed E-state index contributed by atoms with van der Waals surface area (Å²) in [4.78, 5) is 14.1. The van der Waals surface area contributed by atoms with Gasteiger partial charge in [0.15, 0.2) is 0 Å². The second kappa shape index (κ2) is 7.01. The quantitative estimate of drug-likeness (QED) is 0.810. The van der Waals surface area contributed by atoms with E-state index in [1.165, 1.54) is 0 Å². The Hall–Kier alpha value is -1.55. The van der Waals surface area contributed by atoms with Gasteiger partial charge in [-0.2, -0.15) is 0 Å². The molecule has 0 unspecified atom stereocenters. The molecule has 4 nitrogen and oxygen atoms in total. The van der Waals surface area contributed by atoms with Crippen molar-refractivity contribution in [3.05, 3.63) is 29.3 Å². The lowest BCUT2D eigenvalue weighted by Crippen LogP contribution is -2.33. The van der Waals surface area contributed by atoms with Crippen LogP contribution in [0.4, 0.5) is 0 Å². The van der Waals surface area contributed by atoms with Crippen LogP contribution in [0.3, 0.4) is 0 Å². The minimum Gasteiger partial charge on any atom is -0.507 e. The molecule has 0 atom stereocenters. The maximum Gasteiger partial charge on any atom is 0.257 e. The second-order valence-electron chi connectivity index (χ2n) is 4.46. The lowest BCUT2D eigenvalue weighted by atomic mass is 10.1. The van der Waals surface area contributed by atoms with Crippen molar-refractivity contribution in [2.24, 2.45) is 5.73 Å². The van der Waals surface area contributed by atoms with Crippen LogP contribution in [0.15, 0.2) is 18.2 Å². The molecule has 100 valence electrons. The van der Waals surface area contributed by atoms with Crippen LogP contribution in [0.5, 0.6) is 5.75 Å². The van der Waals surface area contributed by atoms with Gasteiger partial charge in [0.1, 0.15) is 5.75 Å². The highest BCUT2D eigenvalue weighted by Gasteiger charge is 2.17. The van der Waals surface area contributed by atoms with Crippen molar-refractivity contribution < 1.29 is 9.90 Å². The molecule has 0 bridgehead atoms. The number of aryl methyl sites for hydroxylation is 1. The van der Waals surface area contributed by atoms with Crippen LogP contribution in [0.25, 0.3) is 0 Å². The summed E-state index contributed by atoms with van der Waals surface area (Å²) in [5.41, 5.74) is 6.82. The lowest BCUT2D eigenvalue weighted by molar-refractivity contribution is 0.0751. The van der Waals surface area contributed by atoms with Gasteiger partial charge in [0.2, 0.25) is 0 Å². The first-order valence-corrected chi connectivity index (χ1v) is 6.39. The van der Waals surface area contributed by atoms with Gasteiger partial charge < -0.3 is 15.7 Å². The van der Waals surface area contributed by atoms with E-state index < -0.39 is 0 Å². The molecule has 4 heteroatoms. The largest absolute Gasteiger partial charge is 0.507 e. The zero-order valence-corrected chi connectivity index (χ0v) is 11.1. The standard InChI is InChI=1S/C14H22N2O2/c1-3-8-16(9-4-7-15)14(18)12-10-11(2)5-6-13(12)17/h5-6,10,17H,3-4,7-9,15H2,1-2H3. The predicted octanol–water partition coefficient (Wildman–Crippen LogP) is 1.90. The smallest absolute Gasteiger partial charge is 0.257 e. The normalized spacial score (nSPS) is 10.4.